The van der Waals surface area contributed by atoms with E-state index in [2.05, 4.69) is 21.2 Å². The number of aromatic hydroxyl groups is 1. The Kier molecular flexibility index (Phi) is 3.64. The molecule has 0 aliphatic carbocycles. The molecule has 2 aromatic rings. The SMILES string of the molecule is CC(Nc1ccc(O)c(Cl)c1)c1ccc(Br)o1. The van der Waals surface area contributed by atoms with Gasteiger partial charge in [0, 0.05) is 5.69 Å². The van der Waals surface area contributed by atoms with Crippen LogP contribution in [0.3, 0.4) is 0 Å². The van der Waals surface area contributed by atoms with Gasteiger partial charge in [-0.2, -0.15) is 0 Å². The molecular formula is C12H11BrClNO2. The molecule has 1 atom stereocenters. The van der Waals surface area contributed by atoms with Gasteiger partial charge in [-0.3, -0.25) is 0 Å². The van der Waals surface area contributed by atoms with E-state index in [4.69, 9.17) is 16.0 Å². The van der Waals surface area contributed by atoms with Gasteiger partial charge in [0.1, 0.15) is 11.5 Å². The summed E-state index contributed by atoms with van der Waals surface area (Å²) in [5, 5.41) is 12.9. The molecule has 2 rings (SSSR count). The summed E-state index contributed by atoms with van der Waals surface area (Å²) in [4.78, 5) is 0. The summed E-state index contributed by atoms with van der Waals surface area (Å²) >= 11 is 9.08. The summed E-state index contributed by atoms with van der Waals surface area (Å²) in [5.74, 6) is 0.895. The molecule has 0 saturated heterocycles. The van der Waals surface area contributed by atoms with Gasteiger partial charge < -0.3 is 14.8 Å². The van der Waals surface area contributed by atoms with Gasteiger partial charge in [0.15, 0.2) is 4.67 Å². The van der Waals surface area contributed by atoms with Gasteiger partial charge in [-0.15, -0.1) is 0 Å². The molecule has 2 N–H and O–H groups in total. The molecule has 1 aromatic heterocycles. The van der Waals surface area contributed by atoms with E-state index in [1.54, 1.807) is 18.2 Å². The molecule has 3 nitrogen and oxygen atoms in total. The first-order chi connectivity index (χ1) is 8.06. The van der Waals surface area contributed by atoms with Crippen molar-refractivity contribution in [1.29, 1.82) is 0 Å². The molecule has 1 aromatic carbocycles. The number of rotatable bonds is 3. The van der Waals surface area contributed by atoms with Gasteiger partial charge in [-0.1, -0.05) is 11.6 Å². The van der Waals surface area contributed by atoms with E-state index >= 15 is 0 Å². The number of hydrogen-bond acceptors (Lipinski definition) is 3. The minimum absolute atomic E-state index is 0.0157. The summed E-state index contributed by atoms with van der Waals surface area (Å²) in [7, 11) is 0. The molecule has 0 saturated carbocycles. The third kappa shape index (κ3) is 2.96. The maximum atomic E-state index is 9.31. The van der Waals surface area contributed by atoms with Crippen LogP contribution in [0.25, 0.3) is 0 Å². The number of benzene rings is 1. The molecule has 0 fully saturated rings. The molecule has 1 heterocycles. The van der Waals surface area contributed by atoms with Crippen molar-refractivity contribution < 1.29 is 9.52 Å². The predicted molar refractivity (Wildman–Crippen MR) is 71.6 cm³/mol. The van der Waals surface area contributed by atoms with Crippen LogP contribution in [0.5, 0.6) is 5.75 Å². The third-order valence-electron chi connectivity index (χ3n) is 2.35. The van der Waals surface area contributed by atoms with Crippen molar-refractivity contribution in [1.82, 2.24) is 0 Å². The fraction of sp³-hybridized carbons (Fsp3) is 0.167. The summed E-state index contributed by atoms with van der Waals surface area (Å²) in [6.45, 7) is 1.98. The second-order valence-corrected chi connectivity index (χ2v) is 4.86. The van der Waals surface area contributed by atoms with E-state index in [-0.39, 0.29) is 11.8 Å². The minimum Gasteiger partial charge on any atom is -0.506 e. The van der Waals surface area contributed by atoms with Crippen molar-refractivity contribution in [2.75, 3.05) is 5.32 Å². The number of halogens is 2. The second kappa shape index (κ2) is 5.02. The van der Waals surface area contributed by atoms with E-state index in [1.807, 2.05) is 19.1 Å². The Labute approximate surface area is 113 Å². The lowest BCUT2D eigenvalue weighted by Crippen LogP contribution is -2.05. The fourth-order valence-electron chi connectivity index (χ4n) is 1.48. The number of phenolic OH excluding ortho intramolecular Hbond substituents is 1. The maximum Gasteiger partial charge on any atom is 0.169 e. The summed E-state index contributed by atoms with van der Waals surface area (Å²) in [5.41, 5.74) is 0.827. The zero-order chi connectivity index (χ0) is 12.4. The first kappa shape index (κ1) is 12.3. The van der Waals surface area contributed by atoms with Gasteiger partial charge in [0.25, 0.3) is 0 Å². The number of furan rings is 1. The Bertz CT molecular complexity index is 527. The van der Waals surface area contributed by atoms with Crippen LogP contribution in [0.4, 0.5) is 5.69 Å². The predicted octanol–water partition coefficient (Wildman–Crippen LogP) is 4.57. The van der Waals surface area contributed by atoms with Crippen molar-refractivity contribution in [3.63, 3.8) is 0 Å². The zero-order valence-corrected chi connectivity index (χ0v) is 11.4. The smallest absolute Gasteiger partial charge is 0.169 e. The van der Waals surface area contributed by atoms with E-state index in [0.717, 1.165) is 11.4 Å². The Hall–Kier alpha value is -1.13. The van der Waals surface area contributed by atoms with Crippen LogP contribution in [0.1, 0.15) is 18.7 Å². The van der Waals surface area contributed by atoms with E-state index < -0.39 is 0 Å². The number of phenols is 1. The van der Waals surface area contributed by atoms with Gasteiger partial charge in [0.2, 0.25) is 0 Å². The first-order valence-electron chi connectivity index (χ1n) is 5.06. The summed E-state index contributed by atoms with van der Waals surface area (Å²) in [6, 6.07) is 8.74. The van der Waals surface area contributed by atoms with E-state index in [1.165, 1.54) is 0 Å². The highest BCUT2D eigenvalue weighted by Gasteiger charge is 2.10. The van der Waals surface area contributed by atoms with Crippen molar-refractivity contribution in [3.05, 3.63) is 45.8 Å². The van der Waals surface area contributed by atoms with Crippen molar-refractivity contribution in [2.24, 2.45) is 0 Å². The maximum absolute atomic E-state index is 9.31. The Morgan fingerprint density at radius 3 is 2.71 bits per heavy atom. The minimum atomic E-state index is 0.0157. The molecule has 0 aliphatic rings. The molecule has 90 valence electrons. The summed E-state index contributed by atoms with van der Waals surface area (Å²) < 4.78 is 6.14. The van der Waals surface area contributed by atoms with Crippen LogP contribution in [0.15, 0.2) is 39.4 Å². The lowest BCUT2D eigenvalue weighted by Gasteiger charge is -2.13. The number of nitrogens with one attached hydrogen (secondary N) is 1. The van der Waals surface area contributed by atoms with Gasteiger partial charge in [-0.05, 0) is 53.2 Å². The zero-order valence-electron chi connectivity index (χ0n) is 9.08. The van der Waals surface area contributed by atoms with Crippen LogP contribution < -0.4 is 5.32 Å². The second-order valence-electron chi connectivity index (χ2n) is 3.67. The molecule has 0 amide bonds. The lowest BCUT2D eigenvalue weighted by molar-refractivity contribution is 0.470. The van der Waals surface area contributed by atoms with Crippen molar-refractivity contribution in [2.45, 2.75) is 13.0 Å². The number of anilines is 1. The average Bonchev–Trinajstić information content (AvgIpc) is 2.70. The molecule has 0 aliphatic heterocycles. The van der Waals surface area contributed by atoms with Crippen molar-refractivity contribution in [3.8, 4) is 5.75 Å². The van der Waals surface area contributed by atoms with Crippen molar-refractivity contribution >= 4 is 33.2 Å². The van der Waals surface area contributed by atoms with E-state index in [0.29, 0.717) is 9.69 Å². The highest BCUT2D eigenvalue weighted by molar-refractivity contribution is 9.10. The van der Waals surface area contributed by atoms with Gasteiger partial charge >= 0.3 is 0 Å². The van der Waals surface area contributed by atoms with Crippen LogP contribution in [0.2, 0.25) is 5.02 Å². The lowest BCUT2D eigenvalue weighted by atomic mass is 10.2. The Morgan fingerprint density at radius 1 is 1.35 bits per heavy atom. The topological polar surface area (TPSA) is 45.4 Å². The number of hydrogen-bond donors (Lipinski definition) is 2. The summed E-state index contributed by atoms with van der Waals surface area (Å²) in [6.07, 6.45) is 0. The molecule has 0 spiro atoms. The molecule has 17 heavy (non-hydrogen) atoms. The molecule has 1 unspecified atom stereocenters. The Balaban J connectivity index is 2.12. The molecular weight excluding hydrogens is 305 g/mol. The highest BCUT2D eigenvalue weighted by Crippen LogP contribution is 2.29. The normalized spacial score (nSPS) is 12.4. The highest BCUT2D eigenvalue weighted by atomic mass is 79.9. The fourth-order valence-corrected chi connectivity index (χ4v) is 1.98. The molecule has 0 radical (unpaired) electrons. The average molecular weight is 317 g/mol. The largest absolute Gasteiger partial charge is 0.506 e. The standard InChI is InChI=1S/C12H11BrClNO2/c1-7(11-4-5-12(13)17-11)15-8-2-3-10(16)9(14)6-8/h2-7,15-16H,1H3. The molecule has 5 heteroatoms. The molecule has 0 bridgehead atoms. The van der Waals surface area contributed by atoms with Crippen LogP contribution in [-0.4, -0.2) is 5.11 Å². The van der Waals surface area contributed by atoms with Gasteiger partial charge in [-0.25, -0.2) is 0 Å². The van der Waals surface area contributed by atoms with Crippen LogP contribution in [0, 0.1) is 0 Å². The van der Waals surface area contributed by atoms with Crippen LogP contribution in [-0.2, 0) is 0 Å². The third-order valence-corrected chi connectivity index (χ3v) is 3.08. The Morgan fingerprint density at radius 2 is 2.12 bits per heavy atom. The monoisotopic (exact) mass is 315 g/mol. The first-order valence-corrected chi connectivity index (χ1v) is 6.23. The quantitative estimate of drug-likeness (QED) is 0.815. The van der Waals surface area contributed by atoms with Crippen LogP contribution >= 0.6 is 27.5 Å². The van der Waals surface area contributed by atoms with Gasteiger partial charge in [0.05, 0.1) is 11.1 Å². The van der Waals surface area contributed by atoms with E-state index in [9.17, 15) is 5.11 Å².